The van der Waals surface area contributed by atoms with Gasteiger partial charge in [0.2, 0.25) is 5.95 Å². The van der Waals surface area contributed by atoms with Crippen LogP contribution in [0.4, 0.5) is 5.95 Å². The molecule has 27 heavy (non-hydrogen) atoms. The van der Waals surface area contributed by atoms with Crippen molar-refractivity contribution in [3.8, 4) is 0 Å². The Balaban J connectivity index is 1.54. The van der Waals surface area contributed by atoms with Crippen LogP contribution in [-0.2, 0) is 19.4 Å². The molecule has 4 heterocycles. The Morgan fingerprint density at radius 1 is 1.30 bits per heavy atom. The topological polar surface area (TPSA) is 95.3 Å². The van der Waals surface area contributed by atoms with E-state index in [-0.39, 0.29) is 11.5 Å². The molecule has 8 nitrogen and oxygen atoms in total. The van der Waals surface area contributed by atoms with Crippen molar-refractivity contribution in [3.63, 3.8) is 0 Å². The van der Waals surface area contributed by atoms with Crippen molar-refractivity contribution in [1.29, 1.82) is 0 Å². The van der Waals surface area contributed by atoms with Crippen LogP contribution in [0.5, 0.6) is 0 Å². The second-order valence-corrected chi connectivity index (χ2v) is 7.76. The number of anilines is 1. The number of nitrogens with zero attached hydrogens (tertiary/aromatic N) is 4. The average Bonchev–Trinajstić information content (AvgIpc) is 3.32. The van der Waals surface area contributed by atoms with Crippen molar-refractivity contribution in [3.05, 3.63) is 39.1 Å². The molecule has 0 unspecified atom stereocenters. The zero-order valence-electron chi connectivity index (χ0n) is 15.8. The summed E-state index contributed by atoms with van der Waals surface area (Å²) in [5, 5.41) is 3.94. The molecular formula is C19H25N5O3. The highest BCUT2D eigenvalue weighted by Gasteiger charge is 2.28. The summed E-state index contributed by atoms with van der Waals surface area (Å²) in [5.74, 6) is 1.59. The highest BCUT2D eigenvalue weighted by Crippen LogP contribution is 2.21. The molecule has 8 heteroatoms. The van der Waals surface area contributed by atoms with E-state index in [1.54, 1.807) is 11.0 Å². The molecule has 1 fully saturated rings. The lowest BCUT2D eigenvalue weighted by Gasteiger charge is -2.28. The lowest BCUT2D eigenvalue weighted by Crippen LogP contribution is -2.40. The lowest BCUT2D eigenvalue weighted by atomic mass is 10.1. The van der Waals surface area contributed by atoms with E-state index in [0.717, 1.165) is 38.1 Å². The number of amides is 1. The Morgan fingerprint density at radius 3 is 2.81 bits per heavy atom. The number of carbonyl (C=O) groups is 1. The standard InChI is InChI=1S/C19H25N5O3/c1-12(2)9-13-10-15(22-27-13)18(26)24-8-5-14-16(11-24)20-19(21-17(14)25)23-6-3-4-7-23/h10,12H,3-9,11H2,1-2H3,(H,20,21,25). The van der Waals surface area contributed by atoms with E-state index >= 15 is 0 Å². The van der Waals surface area contributed by atoms with Gasteiger partial charge in [-0.05, 0) is 25.2 Å². The first-order chi connectivity index (χ1) is 13.0. The van der Waals surface area contributed by atoms with Crippen LogP contribution in [0.2, 0.25) is 0 Å². The maximum atomic E-state index is 12.8. The summed E-state index contributed by atoms with van der Waals surface area (Å²) in [6.45, 7) is 6.79. The minimum Gasteiger partial charge on any atom is -0.361 e. The number of rotatable bonds is 4. The average molecular weight is 371 g/mol. The van der Waals surface area contributed by atoms with Crippen LogP contribution in [0.15, 0.2) is 15.4 Å². The molecule has 0 atom stereocenters. The molecule has 144 valence electrons. The molecule has 2 aliphatic rings. The van der Waals surface area contributed by atoms with Gasteiger partial charge in [0.1, 0.15) is 5.76 Å². The van der Waals surface area contributed by atoms with Crippen LogP contribution in [-0.4, -0.2) is 45.6 Å². The van der Waals surface area contributed by atoms with Crippen LogP contribution in [0.3, 0.4) is 0 Å². The second kappa shape index (κ2) is 7.17. The highest BCUT2D eigenvalue weighted by molar-refractivity contribution is 5.92. The van der Waals surface area contributed by atoms with Crippen molar-refractivity contribution in [2.24, 2.45) is 5.92 Å². The van der Waals surface area contributed by atoms with Gasteiger partial charge in [-0.25, -0.2) is 4.98 Å². The van der Waals surface area contributed by atoms with Crippen LogP contribution in [0.1, 0.15) is 54.2 Å². The first kappa shape index (κ1) is 17.8. The van der Waals surface area contributed by atoms with E-state index in [2.05, 4.69) is 33.9 Å². The van der Waals surface area contributed by atoms with E-state index in [0.29, 0.717) is 48.3 Å². The molecule has 2 aliphatic heterocycles. The van der Waals surface area contributed by atoms with Crippen molar-refractivity contribution >= 4 is 11.9 Å². The van der Waals surface area contributed by atoms with Crippen molar-refractivity contribution in [2.45, 2.75) is 46.1 Å². The second-order valence-electron chi connectivity index (χ2n) is 7.76. The normalized spacial score (nSPS) is 16.9. The third-order valence-electron chi connectivity index (χ3n) is 5.14. The van der Waals surface area contributed by atoms with Gasteiger partial charge in [0.25, 0.3) is 11.5 Å². The van der Waals surface area contributed by atoms with Gasteiger partial charge in [-0.2, -0.15) is 0 Å². The highest BCUT2D eigenvalue weighted by atomic mass is 16.5. The van der Waals surface area contributed by atoms with Gasteiger partial charge < -0.3 is 14.3 Å². The van der Waals surface area contributed by atoms with E-state index in [1.807, 2.05) is 0 Å². The first-order valence-corrected chi connectivity index (χ1v) is 9.63. The monoisotopic (exact) mass is 371 g/mol. The van der Waals surface area contributed by atoms with E-state index in [9.17, 15) is 9.59 Å². The molecule has 0 spiro atoms. The van der Waals surface area contributed by atoms with Crippen LogP contribution < -0.4 is 10.5 Å². The first-order valence-electron chi connectivity index (χ1n) is 9.63. The molecule has 1 saturated heterocycles. The maximum absolute atomic E-state index is 12.8. The third kappa shape index (κ3) is 3.61. The third-order valence-corrected chi connectivity index (χ3v) is 5.14. The summed E-state index contributed by atoms with van der Waals surface area (Å²) in [6, 6.07) is 1.72. The number of nitrogens with one attached hydrogen (secondary N) is 1. The molecule has 0 radical (unpaired) electrons. The van der Waals surface area contributed by atoms with E-state index in [4.69, 9.17) is 4.52 Å². The number of aromatic nitrogens is 3. The van der Waals surface area contributed by atoms with E-state index in [1.165, 1.54) is 0 Å². The number of carbonyl (C=O) groups excluding carboxylic acids is 1. The number of fused-ring (bicyclic) bond motifs is 1. The Kier molecular flexibility index (Phi) is 4.72. The minimum absolute atomic E-state index is 0.0883. The Morgan fingerprint density at radius 2 is 2.07 bits per heavy atom. The predicted molar refractivity (Wildman–Crippen MR) is 99.8 cm³/mol. The SMILES string of the molecule is CC(C)Cc1cc(C(=O)N2CCc3c(nc(N4CCCC4)[nH]c3=O)C2)no1. The molecule has 4 rings (SSSR count). The Bertz CT molecular complexity index is 895. The van der Waals surface area contributed by atoms with Gasteiger partial charge in [0, 0.05) is 37.7 Å². The fourth-order valence-electron chi connectivity index (χ4n) is 3.75. The molecule has 0 aromatic carbocycles. The fourth-order valence-corrected chi connectivity index (χ4v) is 3.75. The smallest absolute Gasteiger partial charge is 0.276 e. The summed E-state index contributed by atoms with van der Waals surface area (Å²) < 4.78 is 5.29. The van der Waals surface area contributed by atoms with Gasteiger partial charge in [-0.3, -0.25) is 14.6 Å². The Hall–Kier alpha value is -2.64. The number of hydrogen-bond acceptors (Lipinski definition) is 6. The molecular weight excluding hydrogens is 346 g/mol. The predicted octanol–water partition coefficient (Wildman–Crippen LogP) is 1.76. The minimum atomic E-state index is -0.177. The van der Waals surface area contributed by atoms with Gasteiger partial charge in [0.05, 0.1) is 12.2 Å². The molecule has 2 aromatic rings. The molecule has 0 bridgehead atoms. The quantitative estimate of drug-likeness (QED) is 0.880. The zero-order chi connectivity index (χ0) is 19.0. The summed E-state index contributed by atoms with van der Waals surface area (Å²) in [7, 11) is 0. The van der Waals surface area contributed by atoms with Gasteiger partial charge in [-0.1, -0.05) is 19.0 Å². The summed E-state index contributed by atoms with van der Waals surface area (Å²) >= 11 is 0. The van der Waals surface area contributed by atoms with Gasteiger partial charge in [0.15, 0.2) is 5.69 Å². The van der Waals surface area contributed by atoms with Crippen LogP contribution in [0.25, 0.3) is 0 Å². The lowest BCUT2D eigenvalue weighted by molar-refractivity contribution is 0.0720. The van der Waals surface area contributed by atoms with Crippen molar-refractivity contribution < 1.29 is 9.32 Å². The molecule has 0 aliphatic carbocycles. The largest absolute Gasteiger partial charge is 0.361 e. The number of hydrogen-bond donors (Lipinski definition) is 1. The van der Waals surface area contributed by atoms with Crippen molar-refractivity contribution in [2.75, 3.05) is 24.5 Å². The van der Waals surface area contributed by atoms with Gasteiger partial charge in [-0.15, -0.1) is 0 Å². The van der Waals surface area contributed by atoms with Crippen LogP contribution in [0, 0.1) is 5.92 Å². The molecule has 1 amide bonds. The number of H-pyrrole nitrogens is 1. The van der Waals surface area contributed by atoms with Crippen molar-refractivity contribution in [1.82, 2.24) is 20.0 Å². The fraction of sp³-hybridized carbons (Fsp3) is 0.579. The molecule has 1 N–H and O–H groups in total. The maximum Gasteiger partial charge on any atom is 0.276 e. The zero-order valence-corrected chi connectivity index (χ0v) is 15.8. The molecule has 0 saturated carbocycles. The summed E-state index contributed by atoms with van der Waals surface area (Å²) in [6.07, 6.45) is 3.46. The number of aromatic amines is 1. The molecule has 2 aromatic heterocycles. The van der Waals surface area contributed by atoms with Gasteiger partial charge >= 0.3 is 0 Å². The van der Waals surface area contributed by atoms with Crippen LogP contribution >= 0.6 is 0 Å². The van der Waals surface area contributed by atoms with E-state index < -0.39 is 0 Å². The summed E-state index contributed by atoms with van der Waals surface area (Å²) in [4.78, 5) is 36.6. The summed E-state index contributed by atoms with van der Waals surface area (Å²) in [5.41, 5.74) is 1.60. The Labute approximate surface area is 157 Å².